The van der Waals surface area contributed by atoms with Gasteiger partial charge in [-0.15, -0.1) is 0 Å². The first-order valence-electron chi connectivity index (χ1n) is 7.10. The third-order valence-electron chi connectivity index (χ3n) is 3.64. The lowest BCUT2D eigenvalue weighted by Gasteiger charge is -2.17. The molecule has 0 saturated carbocycles. The molecular weight excluding hydrogens is 260 g/mol. The molecule has 21 heavy (non-hydrogen) atoms. The van der Waals surface area contributed by atoms with Gasteiger partial charge in [-0.2, -0.15) is 0 Å². The fraction of sp³-hybridized carbons (Fsp3) is 0.167. The predicted octanol–water partition coefficient (Wildman–Crippen LogP) is 3.06. The van der Waals surface area contributed by atoms with Crippen LogP contribution in [0, 0.1) is 0 Å². The molecule has 1 heterocycles. The Labute approximate surface area is 124 Å². The maximum Gasteiger partial charge on any atom is 0.0746 e. The minimum Gasteiger partial charge on any atom is -0.394 e. The van der Waals surface area contributed by atoms with Crippen LogP contribution in [-0.4, -0.2) is 16.7 Å². The molecule has 0 unspecified atom stereocenters. The molecule has 0 amide bonds. The zero-order valence-corrected chi connectivity index (χ0v) is 11.7. The van der Waals surface area contributed by atoms with E-state index in [9.17, 15) is 5.11 Å². The van der Waals surface area contributed by atoms with Crippen molar-refractivity contribution < 1.29 is 5.11 Å². The van der Waals surface area contributed by atoms with Crippen LogP contribution in [0.3, 0.4) is 0 Å². The summed E-state index contributed by atoms with van der Waals surface area (Å²) >= 11 is 0. The van der Waals surface area contributed by atoms with E-state index in [0.717, 1.165) is 22.0 Å². The molecule has 3 rings (SSSR count). The van der Waals surface area contributed by atoms with E-state index in [2.05, 4.69) is 28.5 Å². The van der Waals surface area contributed by atoms with Crippen molar-refractivity contribution in [3.63, 3.8) is 0 Å². The van der Waals surface area contributed by atoms with Gasteiger partial charge >= 0.3 is 0 Å². The normalized spacial score (nSPS) is 12.4. The van der Waals surface area contributed by atoms with Crippen molar-refractivity contribution in [2.45, 2.75) is 12.6 Å². The van der Waals surface area contributed by atoms with Crippen LogP contribution in [0.5, 0.6) is 0 Å². The number of nitrogens with one attached hydrogen (secondary N) is 1. The third-order valence-corrected chi connectivity index (χ3v) is 3.64. The van der Waals surface area contributed by atoms with Gasteiger partial charge in [-0.25, -0.2) is 0 Å². The van der Waals surface area contributed by atoms with E-state index in [1.165, 1.54) is 0 Å². The van der Waals surface area contributed by atoms with Crippen molar-refractivity contribution in [1.29, 1.82) is 0 Å². The zero-order valence-electron chi connectivity index (χ0n) is 11.7. The summed E-state index contributed by atoms with van der Waals surface area (Å²) in [5, 5.41) is 14.1. The van der Waals surface area contributed by atoms with Gasteiger partial charge in [0.05, 0.1) is 18.2 Å². The number of pyridine rings is 1. The van der Waals surface area contributed by atoms with Crippen LogP contribution in [0.2, 0.25) is 0 Å². The fourth-order valence-electron chi connectivity index (χ4n) is 2.52. The van der Waals surface area contributed by atoms with E-state index in [0.29, 0.717) is 6.54 Å². The average Bonchev–Trinajstić information content (AvgIpc) is 2.56. The van der Waals surface area contributed by atoms with Crippen LogP contribution in [0.4, 0.5) is 0 Å². The number of nitrogens with zero attached hydrogens (tertiary/aromatic N) is 1. The Balaban J connectivity index is 1.79. The monoisotopic (exact) mass is 278 g/mol. The summed E-state index contributed by atoms with van der Waals surface area (Å²) in [4.78, 5) is 4.46. The summed E-state index contributed by atoms with van der Waals surface area (Å²) in [7, 11) is 0. The molecule has 3 aromatic rings. The Kier molecular flexibility index (Phi) is 4.24. The van der Waals surface area contributed by atoms with Crippen molar-refractivity contribution in [1.82, 2.24) is 10.3 Å². The van der Waals surface area contributed by atoms with Gasteiger partial charge in [0.1, 0.15) is 0 Å². The Morgan fingerprint density at radius 3 is 2.57 bits per heavy atom. The number of para-hydroxylation sites is 1. The van der Waals surface area contributed by atoms with Crippen LogP contribution in [0.15, 0.2) is 66.9 Å². The molecule has 3 heteroatoms. The number of hydrogen-bond acceptors (Lipinski definition) is 3. The number of aromatic nitrogens is 1. The van der Waals surface area contributed by atoms with Crippen LogP contribution in [0.25, 0.3) is 10.9 Å². The number of aliphatic hydroxyl groups excluding tert-OH is 1. The quantitative estimate of drug-likeness (QED) is 0.754. The first-order chi connectivity index (χ1) is 10.4. The molecule has 0 radical (unpaired) electrons. The predicted molar refractivity (Wildman–Crippen MR) is 84.9 cm³/mol. The number of benzene rings is 2. The molecule has 1 aromatic heterocycles. The third kappa shape index (κ3) is 3.10. The summed E-state index contributed by atoms with van der Waals surface area (Å²) in [5.74, 6) is 0. The highest BCUT2D eigenvalue weighted by Crippen LogP contribution is 2.18. The van der Waals surface area contributed by atoms with E-state index in [1.54, 1.807) is 0 Å². The van der Waals surface area contributed by atoms with Crippen molar-refractivity contribution in [3.8, 4) is 0 Å². The molecule has 106 valence electrons. The molecule has 0 aliphatic carbocycles. The molecule has 2 aromatic carbocycles. The summed E-state index contributed by atoms with van der Waals surface area (Å²) in [6.07, 6.45) is 1.81. The van der Waals surface area contributed by atoms with E-state index in [-0.39, 0.29) is 12.6 Å². The summed E-state index contributed by atoms with van der Waals surface area (Å²) in [6.45, 7) is 0.747. The Hall–Kier alpha value is -2.23. The molecule has 0 spiro atoms. The number of aliphatic hydroxyl groups is 1. The number of rotatable bonds is 5. The summed E-state index contributed by atoms with van der Waals surface area (Å²) in [6, 6.07) is 20.1. The van der Waals surface area contributed by atoms with Crippen molar-refractivity contribution in [3.05, 3.63) is 78.0 Å². The largest absolute Gasteiger partial charge is 0.394 e. The lowest BCUT2D eigenvalue weighted by Crippen LogP contribution is -2.24. The maximum absolute atomic E-state index is 9.59. The van der Waals surface area contributed by atoms with E-state index in [1.807, 2.05) is 48.7 Å². The van der Waals surface area contributed by atoms with E-state index >= 15 is 0 Å². The highest BCUT2D eigenvalue weighted by molar-refractivity contribution is 5.81. The molecule has 0 aliphatic rings. The average molecular weight is 278 g/mol. The second kappa shape index (κ2) is 6.48. The summed E-state index contributed by atoms with van der Waals surface area (Å²) < 4.78 is 0. The maximum atomic E-state index is 9.59. The van der Waals surface area contributed by atoms with E-state index in [4.69, 9.17) is 0 Å². The second-order valence-corrected chi connectivity index (χ2v) is 5.02. The topological polar surface area (TPSA) is 45.1 Å². The van der Waals surface area contributed by atoms with Gasteiger partial charge in [-0.05, 0) is 17.2 Å². The molecular formula is C18H18N2O. The lowest BCUT2D eigenvalue weighted by atomic mass is 10.1. The standard InChI is InChI=1S/C18H18N2O/c21-13-17(14-6-2-1-3-7-14)20-12-16-9-4-8-15-10-5-11-19-18(15)16/h1-11,17,20-21H,12-13H2/t17-/m1/s1. The number of fused-ring (bicyclic) bond motifs is 1. The molecule has 2 N–H and O–H groups in total. The van der Waals surface area contributed by atoms with Gasteiger partial charge in [-0.1, -0.05) is 54.6 Å². The molecule has 1 atom stereocenters. The van der Waals surface area contributed by atoms with Gasteiger partial charge in [0.25, 0.3) is 0 Å². The lowest BCUT2D eigenvalue weighted by molar-refractivity contribution is 0.244. The van der Waals surface area contributed by atoms with Gasteiger partial charge in [-0.3, -0.25) is 4.98 Å². The van der Waals surface area contributed by atoms with Crippen molar-refractivity contribution >= 4 is 10.9 Å². The molecule has 0 bridgehead atoms. The first kappa shape index (κ1) is 13.7. The van der Waals surface area contributed by atoms with Gasteiger partial charge < -0.3 is 10.4 Å². The SMILES string of the molecule is OC[C@@H](NCc1cccc2cccnc12)c1ccccc1. The van der Waals surface area contributed by atoms with Crippen LogP contribution in [-0.2, 0) is 6.54 Å². The van der Waals surface area contributed by atoms with E-state index < -0.39 is 0 Å². The molecule has 0 aliphatic heterocycles. The van der Waals surface area contributed by atoms with Crippen molar-refractivity contribution in [2.75, 3.05) is 6.61 Å². The van der Waals surface area contributed by atoms with Crippen LogP contribution >= 0.6 is 0 Å². The fourth-order valence-corrected chi connectivity index (χ4v) is 2.52. The first-order valence-corrected chi connectivity index (χ1v) is 7.10. The Morgan fingerprint density at radius 1 is 0.952 bits per heavy atom. The highest BCUT2D eigenvalue weighted by atomic mass is 16.3. The molecule has 0 fully saturated rings. The number of hydrogen-bond donors (Lipinski definition) is 2. The van der Waals surface area contributed by atoms with Gasteiger partial charge in [0, 0.05) is 18.1 Å². The molecule has 3 nitrogen and oxygen atoms in total. The summed E-state index contributed by atoms with van der Waals surface area (Å²) in [5.41, 5.74) is 3.24. The Bertz CT molecular complexity index is 707. The van der Waals surface area contributed by atoms with Gasteiger partial charge in [0.2, 0.25) is 0 Å². The second-order valence-electron chi connectivity index (χ2n) is 5.02. The highest BCUT2D eigenvalue weighted by Gasteiger charge is 2.10. The zero-order chi connectivity index (χ0) is 14.5. The van der Waals surface area contributed by atoms with Crippen molar-refractivity contribution in [2.24, 2.45) is 0 Å². The molecule has 0 saturated heterocycles. The smallest absolute Gasteiger partial charge is 0.0746 e. The Morgan fingerprint density at radius 2 is 1.76 bits per heavy atom. The minimum atomic E-state index is -0.0647. The van der Waals surface area contributed by atoms with Gasteiger partial charge in [0.15, 0.2) is 0 Å². The van der Waals surface area contributed by atoms with Crippen LogP contribution < -0.4 is 5.32 Å². The van der Waals surface area contributed by atoms with Crippen LogP contribution in [0.1, 0.15) is 17.2 Å². The minimum absolute atomic E-state index is 0.0647.